The minimum absolute atomic E-state index is 0.0154. The van der Waals surface area contributed by atoms with Crippen molar-refractivity contribution in [1.29, 1.82) is 0 Å². The molecule has 2 aromatic rings. The number of halogens is 4. The van der Waals surface area contributed by atoms with Crippen LogP contribution < -0.4 is 16.0 Å². The molecule has 3 saturated heterocycles. The first-order chi connectivity index (χ1) is 50.2. The van der Waals surface area contributed by atoms with Crippen LogP contribution in [0.1, 0.15) is 192 Å². The highest BCUT2D eigenvalue weighted by Crippen LogP contribution is 2.38. The van der Waals surface area contributed by atoms with E-state index < -0.39 is 156 Å². The standard InChI is InChI=1S/C78H116ClF3N12O12/c1-12-51(4)69-76(105)88(7)48-67(98)86(5)49-68(99)90(9)62(43-52-27-17-13-18-28-52)74(103)87(6)47-64(95)84-59(37-35-53-34-36-57(58(79)42-53)78(80,81)82)73(102)94-46-56(54-29-19-14-20-30-54)44-61(94)71(100)83-38-24-23-33-65(96)92(11)70(55-31-21-15-22-32-55)77(106)91(10)63(75(104)93-39-25-16-26-40-93)45-66(97)89(8)60(41-50(2)3)72(101)85-69/h14,19-20,29-30,34,36,42,50-52,55-56,59-63,69-70H,12-13,15-18,21-28,31-33,35,37-41,43-49H2,1-11H3,(H,83,100)(H,84,95)(H,85,101)/t51-,56?,59-,60-,61-,62-,63-,69?,70-/m0/s1. The average Bonchev–Trinajstić information content (AvgIpc) is 1.29. The molecule has 106 heavy (non-hydrogen) atoms. The summed E-state index contributed by atoms with van der Waals surface area (Å²) in [6.07, 6.45) is 6.39. The van der Waals surface area contributed by atoms with Crippen LogP contribution in [0.4, 0.5) is 13.2 Å². The van der Waals surface area contributed by atoms with Crippen molar-refractivity contribution in [3.05, 3.63) is 70.2 Å². The number of fused-ring (bicyclic) bond motifs is 1. The van der Waals surface area contributed by atoms with Crippen LogP contribution in [0, 0.1) is 23.7 Å². The van der Waals surface area contributed by atoms with Crippen LogP contribution in [-0.4, -0.2) is 252 Å². The van der Waals surface area contributed by atoms with Gasteiger partial charge in [-0.05, 0) is 124 Å². The number of carbonyl (C=O) groups is 12. The number of hydrogen-bond acceptors (Lipinski definition) is 12. The Hall–Kier alpha value is -7.84. The third kappa shape index (κ3) is 23.1. The molecule has 3 heterocycles. The van der Waals surface area contributed by atoms with Crippen LogP contribution in [-0.2, 0) is 70.1 Å². The summed E-state index contributed by atoms with van der Waals surface area (Å²) >= 11 is 6.18. The normalized spacial score (nSPS) is 26.0. The van der Waals surface area contributed by atoms with E-state index in [0.717, 1.165) is 90.2 Å². The van der Waals surface area contributed by atoms with E-state index in [1.165, 1.54) is 72.9 Å². The summed E-state index contributed by atoms with van der Waals surface area (Å²) in [5, 5.41) is 8.13. The predicted octanol–water partition coefficient (Wildman–Crippen LogP) is 7.67. The minimum Gasteiger partial charge on any atom is -0.354 e. The van der Waals surface area contributed by atoms with E-state index in [2.05, 4.69) is 16.0 Å². The quantitative estimate of drug-likeness (QED) is 0.185. The van der Waals surface area contributed by atoms with Gasteiger partial charge in [-0.1, -0.05) is 133 Å². The van der Waals surface area contributed by atoms with E-state index >= 15 is 14.4 Å². The highest BCUT2D eigenvalue weighted by Gasteiger charge is 2.46. The molecule has 3 aliphatic heterocycles. The highest BCUT2D eigenvalue weighted by atomic mass is 35.5. The maximum absolute atomic E-state index is 15.5. The summed E-state index contributed by atoms with van der Waals surface area (Å²) in [6, 6.07) is 4.11. The SMILES string of the molecule is CC[C@H](C)C1NC(=O)[C@H](CC(C)C)N(C)C(=O)C[C@@H](C(=O)N2CCCCC2)N(C)C(=O)[C@H](C2CCCCC2)N(C)C(=O)CCCCNC(=O)[C@@H]2CC(c3ccccc3)CN2C(=O)[C@H](CCc2ccc(C(F)(F)F)c(Cl)c2)NC(=O)CN(C)C(=O)[C@H](CC2CCCCC2)N(C)C(=O)CN(C)C(=O)CN(C)C1=O. The Labute approximate surface area is 629 Å². The van der Waals surface area contributed by atoms with Crippen LogP contribution in [0.25, 0.3) is 0 Å². The minimum atomic E-state index is -4.75. The largest absolute Gasteiger partial charge is 0.417 e. The van der Waals surface area contributed by atoms with Gasteiger partial charge in [-0.3, -0.25) is 57.5 Å². The maximum Gasteiger partial charge on any atom is 0.417 e. The molecule has 2 aromatic carbocycles. The lowest BCUT2D eigenvalue weighted by atomic mass is 9.82. The van der Waals surface area contributed by atoms with Crippen LogP contribution in [0.3, 0.4) is 0 Å². The fourth-order valence-electron chi connectivity index (χ4n) is 15.7. The van der Waals surface area contributed by atoms with E-state index in [9.17, 15) is 56.3 Å². The molecule has 12 amide bonds. The van der Waals surface area contributed by atoms with Crippen molar-refractivity contribution in [2.75, 3.05) is 95.1 Å². The molecule has 5 fully saturated rings. The van der Waals surface area contributed by atoms with Crippen molar-refractivity contribution >= 4 is 82.5 Å². The summed E-state index contributed by atoms with van der Waals surface area (Å²) in [7, 11) is 10.1. The fraction of sp³-hybridized carbons (Fsp3) is 0.692. The Balaban J connectivity index is 1.24. The smallest absolute Gasteiger partial charge is 0.354 e. The number of likely N-dealkylation sites (N-methyl/N-ethyl adjacent to an activating group) is 7. The second-order valence-corrected chi connectivity index (χ2v) is 31.3. The number of piperidine rings is 1. The lowest BCUT2D eigenvalue weighted by Gasteiger charge is -2.41. The molecule has 3 N–H and O–H groups in total. The fourth-order valence-corrected chi connectivity index (χ4v) is 16.1. The molecular formula is C78H116ClF3N12O12. The van der Waals surface area contributed by atoms with Gasteiger partial charge in [-0.2, -0.15) is 13.2 Å². The maximum atomic E-state index is 15.5. The number of nitrogens with zero attached hydrogens (tertiary/aromatic N) is 9. The van der Waals surface area contributed by atoms with Gasteiger partial charge in [0.1, 0.15) is 42.3 Å². The zero-order chi connectivity index (χ0) is 77.9. The lowest BCUT2D eigenvalue weighted by Crippen LogP contribution is -2.60. The predicted molar refractivity (Wildman–Crippen MR) is 396 cm³/mol. The van der Waals surface area contributed by atoms with Crippen molar-refractivity contribution in [3.8, 4) is 0 Å². The third-order valence-corrected chi connectivity index (χ3v) is 22.9. The van der Waals surface area contributed by atoms with Gasteiger partial charge < -0.3 is 60.0 Å². The van der Waals surface area contributed by atoms with Gasteiger partial charge in [0.2, 0.25) is 70.9 Å². The van der Waals surface area contributed by atoms with Crippen molar-refractivity contribution in [3.63, 3.8) is 0 Å². The summed E-state index contributed by atoms with van der Waals surface area (Å²) in [5.74, 6) is -8.39. The number of alkyl halides is 3. The number of nitrogens with one attached hydrogen (secondary N) is 3. The summed E-state index contributed by atoms with van der Waals surface area (Å²) in [5.41, 5.74) is 0.0867. The van der Waals surface area contributed by atoms with Gasteiger partial charge in [-0.25, -0.2) is 0 Å². The van der Waals surface area contributed by atoms with Gasteiger partial charge in [-0.15, -0.1) is 0 Å². The average molecular weight is 1510 g/mol. The number of amides is 12. The van der Waals surface area contributed by atoms with E-state index in [4.69, 9.17) is 11.6 Å². The molecule has 7 rings (SSSR count). The van der Waals surface area contributed by atoms with E-state index in [0.29, 0.717) is 57.2 Å². The van der Waals surface area contributed by atoms with E-state index in [1.54, 1.807) is 18.9 Å². The number of aryl methyl sites for hydroxylation is 1. The van der Waals surface area contributed by atoms with Gasteiger partial charge in [0, 0.05) is 87.9 Å². The molecule has 2 aliphatic carbocycles. The van der Waals surface area contributed by atoms with Crippen LogP contribution in [0.5, 0.6) is 0 Å². The molecule has 0 aromatic heterocycles. The first-order valence-corrected chi connectivity index (χ1v) is 38.7. The molecule has 0 bridgehead atoms. The molecule has 2 unspecified atom stereocenters. The Morgan fingerprint density at radius 1 is 0.613 bits per heavy atom. The van der Waals surface area contributed by atoms with Crippen LogP contribution in [0.2, 0.25) is 5.02 Å². The highest BCUT2D eigenvalue weighted by molar-refractivity contribution is 6.31. The van der Waals surface area contributed by atoms with E-state index in [1.807, 2.05) is 51.1 Å². The Morgan fingerprint density at radius 2 is 1.23 bits per heavy atom. The number of rotatable bonds is 12. The molecule has 9 atom stereocenters. The molecule has 2 saturated carbocycles. The van der Waals surface area contributed by atoms with Gasteiger partial charge in [0.25, 0.3) is 0 Å². The Kier molecular flexibility index (Phi) is 32.1. The molecule has 0 spiro atoms. The van der Waals surface area contributed by atoms with Gasteiger partial charge in [0.15, 0.2) is 0 Å². The number of hydrogen-bond donors (Lipinski definition) is 3. The zero-order valence-corrected chi connectivity index (χ0v) is 65.0. The molecule has 5 aliphatic rings. The first kappa shape index (κ1) is 85.4. The first-order valence-electron chi connectivity index (χ1n) is 38.4. The number of likely N-dealkylation sites (tertiary alicyclic amines) is 1. The van der Waals surface area contributed by atoms with Gasteiger partial charge in [0.05, 0.1) is 36.6 Å². The van der Waals surface area contributed by atoms with Crippen LogP contribution >= 0.6 is 11.6 Å². The van der Waals surface area contributed by atoms with Crippen molar-refractivity contribution in [1.82, 2.24) is 60.0 Å². The number of benzene rings is 2. The lowest BCUT2D eigenvalue weighted by molar-refractivity contribution is -0.155. The third-order valence-electron chi connectivity index (χ3n) is 22.6. The summed E-state index contributed by atoms with van der Waals surface area (Å²) in [4.78, 5) is 190. The summed E-state index contributed by atoms with van der Waals surface area (Å²) < 4.78 is 41.7. The van der Waals surface area contributed by atoms with Crippen molar-refractivity contribution in [2.24, 2.45) is 23.7 Å². The topological polar surface area (TPSA) is 270 Å². The zero-order valence-electron chi connectivity index (χ0n) is 64.2. The van der Waals surface area contributed by atoms with E-state index in [-0.39, 0.29) is 87.6 Å². The Morgan fingerprint density at radius 3 is 1.85 bits per heavy atom. The molecule has 588 valence electrons. The van der Waals surface area contributed by atoms with Crippen molar-refractivity contribution in [2.45, 2.75) is 230 Å². The number of carbonyl (C=O) groups excluding carboxylic acids is 12. The van der Waals surface area contributed by atoms with Crippen LogP contribution in [0.15, 0.2) is 48.5 Å². The molecule has 0 radical (unpaired) electrons. The van der Waals surface area contributed by atoms with Gasteiger partial charge >= 0.3 is 6.18 Å². The summed E-state index contributed by atoms with van der Waals surface area (Å²) in [6.45, 7) is 6.60. The van der Waals surface area contributed by atoms with Crippen molar-refractivity contribution < 1.29 is 70.7 Å². The second kappa shape index (κ2) is 39.8. The molecule has 24 nitrogen and oxygen atoms in total. The Bertz CT molecular complexity index is 3390. The molecular weight excluding hydrogens is 1390 g/mol. The second-order valence-electron chi connectivity index (χ2n) is 30.9. The monoisotopic (exact) mass is 1500 g/mol. The molecule has 28 heteroatoms.